The van der Waals surface area contributed by atoms with Crippen molar-refractivity contribution in [2.75, 3.05) is 34.3 Å². The third-order valence-electron chi connectivity index (χ3n) is 4.21. The molecule has 140 valence electrons. The molecule has 0 aliphatic heterocycles. The number of aliphatic imine (C=N–C) groups is 1. The van der Waals surface area contributed by atoms with Gasteiger partial charge < -0.3 is 20.3 Å². The van der Waals surface area contributed by atoms with Crippen LogP contribution < -0.4 is 15.4 Å². The molecule has 0 aromatic heterocycles. The zero-order chi connectivity index (χ0) is 18.8. The first-order valence-corrected chi connectivity index (χ1v) is 9.01. The second-order valence-corrected chi connectivity index (χ2v) is 6.28. The van der Waals surface area contributed by atoms with Crippen molar-refractivity contribution in [3.8, 4) is 5.75 Å². The number of nitrogens with one attached hydrogen (secondary N) is 2. The lowest BCUT2D eigenvalue weighted by Gasteiger charge is -2.26. The predicted octanol–water partition coefficient (Wildman–Crippen LogP) is 3.05. The minimum absolute atomic E-state index is 0.270. The molecule has 5 nitrogen and oxygen atoms in total. The first kappa shape index (κ1) is 19.8. The number of guanidine groups is 1. The van der Waals surface area contributed by atoms with Gasteiger partial charge in [0.2, 0.25) is 0 Å². The summed E-state index contributed by atoms with van der Waals surface area (Å²) in [6, 6.07) is 18.8. The fourth-order valence-electron chi connectivity index (χ4n) is 2.81. The number of para-hydroxylation sites is 1. The van der Waals surface area contributed by atoms with Crippen LogP contribution in [0, 0.1) is 0 Å². The number of ether oxygens (including phenoxy) is 1. The summed E-state index contributed by atoms with van der Waals surface area (Å²) in [5.74, 6) is 1.67. The van der Waals surface area contributed by atoms with E-state index in [-0.39, 0.29) is 6.04 Å². The van der Waals surface area contributed by atoms with Crippen molar-refractivity contribution in [3.63, 3.8) is 0 Å². The summed E-state index contributed by atoms with van der Waals surface area (Å²) in [7, 11) is 5.88. The van der Waals surface area contributed by atoms with Crippen molar-refractivity contribution in [3.05, 3.63) is 65.7 Å². The van der Waals surface area contributed by atoms with Crippen molar-refractivity contribution in [2.24, 2.45) is 4.99 Å². The quantitative estimate of drug-likeness (QED) is 0.565. The third-order valence-corrected chi connectivity index (χ3v) is 4.21. The van der Waals surface area contributed by atoms with E-state index in [1.54, 1.807) is 7.11 Å². The lowest BCUT2D eigenvalue weighted by atomic mass is 10.1. The lowest BCUT2D eigenvalue weighted by Crippen LogP contribution is -2.41. The first-order valence-electron chi connectivity index (χ1n) is 9.01. The zero-order valence-electron chi connectivity index (χ0n) is 16.2. The van der Waals surface area contributed by atoms with Crippen molar-refractivity contribution in [1.82, 2.24) is 15.5 Å². The van der Waals surface area contributed by atoms with Crippen LogP contribution in [0.3, 0.4) is 0 Å². The number of rotatable bonds is 8. The molecule has 2 rings (SSSR count). The van der Waals surface area contributed by atoms with E-state index in [9.17, 15) is 0 Å². The van der Waals surface area contributed by atoms with Crippen molar-refractivity contribution in [1.29, 1.82) is 0 Å². The standard InChI is InChI=1S/C21H30N4O/c1-5-22-21(23-15-18-13-9-10-14-20(18)26-4)24-16-19(25(2)3)17-11-7-6-8-12-17/h6-14,19H,5,15-16H2,1-4H3,(H2,22,23,24). The second-order valence-electron chi connectivity index (χ2n) is 6.28. The molecule has 26 heavy (non-hydrogen) atoms. The summed E-state index contributed by atoms with van der Waals surface area (Å²) < 4.78 is 5.41. The molecule has 2 aromatic carbocycles. The summed E-state index contributed by atoms with van der Waals surface area (Å²) in [5, 5.41) is 6.78. The molecule has 0 radical (unpaired) electrons. The largest absolute Gasteiger partial charge is 0.496 e. The summed E-state index contributed by atoms with van der Waals surface area (Å²) >= 11 is 0. The van der Waals surface area contributed by atoms with Crippen molar-refractivity contribution in [2.45, 2.75) is 19.5 Å². The maximum Gasteiger partial charge on any atom is 0.191 e. The van der Waals surface area contributed by atoms with Gasteiger partial charge in [0.1, 0.15) is 5.75 Å². The molecule has 2 N–H and O–H groups in total. The van der Waals surface area contributed by atoms with Crippen LogP contribution in [-0.2, 0) is 6.54 Å². The van der Waals surface area contributed by atoms with Crippen LogP contribution in [0.5, 0.6) is 5.75 Å². The van der Waals surface area contributed by atoms with Gasteiger partial charge in [0.05, 0.1) is 19.7 Å². The van der Waals surface area contributed by atoms with Gasteiger partial charge in [-0.1, -0.05) is 48.5 Å². The van der Waals surface area contributed by atoms with Gasteiger partial charge in [-0.25, -0.2) is 4.99 Å². The Hall–Kier alpha value is -2.53. The molecule has 0 saturated heterocycles. The third kappa shape index (κ3) is 5.77. The smallest absolute Gasteiger partial charge is 0.191 e. The highest BCUT2D eigenvalue weighted by Crippen LogP contribution is 2.18. The normalized spacial score (nSPS) is 12.7. The van der Waals surface area contributed by atoms with E-state index < -0.39 is 0 Å². The molecule has 0 spiro atoms. The predicted molar refractivity (Wildman–Crippen MR) is 109 cm³/mol. The van der Waals surface area contributed by atoms with Crippen LogP contribution in [0.15, 0.2) is 59.6 Å². The van der Waals surface area contributed by atoms with Crippen molar-refractivity contribution >= 4 is 5.96 Å². The van der Waals surface area contributed by atoms with Gasteiger partial charge in [-0.2, -0.15) is 0 Å². The van der Waals surface area contributed by atoms with E-state index in [1.807, 2.05) is 30.3 Å². The second kappa shape index (κ2) is 10.5. The molecule has 0 bridgehead atoms. The number of methoxy groups -OCH3 is 1. The van der Waals surface area contributed by atoms with Gasteiger partial charge in [0.25, 0.3) is 0 Å². The maximum atomic E-state index is 5.41. The lowest BCUT2D eigenvalue weighted by molar-refractivity contribution is 0.298. The average molecular weight is 354 g/mol. The van der Waals surface area contributed by atoms with Crippen LogP contribution in [0.25, 0.3) is 0 Å². The van der Waals surface area contributed by atoms with Gasteiger partial charge >= 0.3 is 0 Å². The van der Waals surface area contributed by atoms with Gasteiger partial charge in [0, 0.05) is 18.7 Å². The molecule has 0 fully saturated rings. The first-order chi connectivity index (χ1) is 12.7. The zero-order valence-corrected chi connectivity index (χ0v) is 16.2. The molecule has 0 saturated carbocycles. The fourth-order valence-corrected chi connectivity index (χ4v) is 2.81. The van der Waals surface area contributed by atoms with Crippen molar-refractivity contribution < 1.29 is 4.74 Å². The highest BCUT2D eigenvalue weighted by atomic mass is 16.5. The summed E-state index contributed by atoms with van der Waals surface area (Å²) in [6.07, 6.45) is 0. The van der Waals surface area contributed by atoms with Crippen LogP contribution in [0.2, 0.25) is 0 Å². The van der Waals surface area contributed by atoms with E-state index in [0.717, 1.165) is 30.4 Å². The molecule has 2 aromatic rings. The van der Waals surface area contributed by atoms with E-state index in [2.05, 4.69) is 60.8 Å². The molecule has 1 atom stereocenters. The molecule has 0 amide bonds. The SMILES string of the molecule is CCNC(=NCc1ccccc1OC)NCC(c1ccccc1)N(C)C. The van der Waals surface area contributed by atoms with Crippen LogP contribution in [-0.4, -0.2) is 45.2 Å². The number of nitrogens with zero attached hydrogens (tertiary/aromatic N) is 2. The molecular weight excluding hydrogens is 324 g/mol. The average Bonchev–Trinajstić information content (AvgIpc) is 2.67. The summed E-state index contributed by atoms with van der Waals surface area (Å²) in [6.45, 7) is 4.22. The topological polar surface area (TPSA) is 48.9 Å². The molecular formula is C21H30N4O. The monoisotopic (exact) mass is 354 g/mol. The van der Waals surface area contributed by atoms with Gasteiger partial charge in [-0.3, -0.25) is 0 Å². The Labute approximate surface area is 157 Å². The van der Waals surface area contributed by atoms with E-state index in [1.165, 1.54) is 5.56 Å². The van der Waals surface area contributed by atoms with E-state index in [0.29, 0.717) is 6.54 Å². The fraction of sp³-hybridized carbons (Fsp3) is 0.381. The Morgan fingerprint density at radius 1 is 1.04 bits per heavy atom. The molecule has 5 heteroatoms. The number of benzene rings is 2. The molecule has 0 aliphatic carbocycles. The van der Waals surface area contributed by atoms with Gasteiger partial charge in [-0.15, -0.1) is 0 Å². The molecule has 0 heterocycles. The highest BCUT2D eigenvalue weighted by Gasteiger charge is 2.14. The highest BCUT2D eigenvalue weighted by molar-refractivity contribution is 5.79. The van der Waals surface area contributed by atoms with Gasteiger partial charge in [-0.05, 0) is 32.6 Å². The molecule has 1 unspecified atom stereocenters. The maximum absolute atomic E-state index is 5.41. The van der Waals surface area contributed by atoms with Crippen LogP contribution in [0.4, 0.5) is 0 Å². The van der Waals surface area contributed by atoms with Crippen LogP contribution in [0.1, 0.15) is 24.1 Å². The van der Waals surface area contributed by atoms with Crippen LogP contribution >= 0.6 is 0 Å². The molecule has 0 aliphatic rings. The minimum atomic E-state index is 0.270. The Kier molecular flexibility index (Phi) is 7.96. The summed E-state index contributed by atoms with van der Waals surface area (Å²) in [4.78, 5) is 6.93. The number of hydrogen-bond acceptors (Lipinski definition) is 3. The Bertz CT molecular complexity index is 685. The Morgan fingerprint density at radius 2 is 1.73 bits per heavy atom. The Balaban J connectivity index is 2.06. The number of likely N-dealkylation sites (N-methyl/N-ethyl adjacent to an activating group) is 1. The number of hydrogen-bond donors (Lipinski definition) is 2. The summed E-state index contributed by atoms with van der Waals surface area (Å²) in [5.41, 5.74) is 2.35. The van der Waals surface area contributed by atoms with Gasteiger partial charge in [0.15, 0.2) is 5.96 Å². The van der Waals surface area contributed by atoms with E-state index >= 15 is 0 Å². The van der Waals surface area contributed by atoms with E-state index in [4.69, 9.17) is 9.73 Å². The Morgan fingerprint density at radius 3 is 2.38 bits per heavy atom. The minimum Gasteiger partial charge on any atom is -0.496 e.